The molecule has 0 aliphatic heterocycles. The smallest absolute Gasteiger partial charge is 0.399 e. The summed E-state index contributed by atoms with van der Waals surface area (Å²) in [4.78, 5) is 0. The monoisotopic (exact) mass is 234 g/mol. The van der Waals surface area contributed by atoms with Gasteiger partial charge in [-0.3, -0.25) is 8.37 Å². The molecular formula is C9H14O5S. The predicted molar refractivity (Wildman–Crippen MR) is 55.8 cm³/mol. The van der Waals surface area contributed by atoms with Gasteiger partial charge in [-0.2, -0.15) is 8.42 Å². The van der Waals surface area contributed by atoms with Crippen molar-refractivity contribution in [1.82, 2.24) is 0 Å². The summed E-state index contributed by atoms with van der Waals surface area (Å²) in [5, 5.41) is 8.81. The van der Waals surface area contributed by atoms with Crippen LogP contribution in [0, 0.1) is 6.92 Å². The molecule has 15 heavy (non-hydrogen) atoms. The number of hydrogen-bond acceptors (Lipinski definition) is 5. The molecule has 5 nitrogen and oxygen atoms in total. The fraction of sp³-hybridized carbons (Fsp3) is 0.333. The van der Waals surface area contributed by atoms with Crippen LogP contribution >= 0.6 is 0 Å². The van der Waals surface area contributed by atoms with Crippen LogP contribution in [0.1, 0.15) is 5.56 Å². The standard InChI is InChI=1S/C7H8O.C2H6O4S/c1-6-3-2-4-7(8)5-6;1-5-7(3,4)6-2/h2-5,8H,1H3;1-2H3. The van der Waals surface area contributed by atoms with Crippen LogP contribution in [-0.4, -0.2) is 27.7 Å². The van der Waals surface area contributed by atoms with Crippen molar-refractivity contribution >= 4 is 10.4 Å². The van der Waals surface area contributed by atoms with Gasteiger partial charge >= 0.3 is 10.4 Å². The summed E-state index contributed by atoms with van der Waals surface area (Å²) in [5.74, 6) is 0.338. The molecule has 86 valence electrons. The van der Waals surface area contributed by atoms with Crippen molar-refractivity contribution in [3.63, 3.8) is 0 Å². The fourth-order valence-corrected chi connectivity index (χ4v) is 0.832. The van der Waals surface area contributed by atoms with Crippen LogP contribution in [0.3, 0.4) is 0 Å². The first kappa shape index (κ1) is 13.9. The van der Waals surface area contributed by atoms with Crippen molar-refractivity contribution in [2.75, 3.05) is 14.2 Å². The summed E-state index contributed by atoms with van der Waals surface area (Å²) in [6, 6.07) is 7.15. The van der Waals surface area contributed by atoms with E-state index >= 15 is 0 Å². The Morgan fingerprint density at radius 1 is 1.20 bits per heavy atom. The highest BCUT2D eigenvalue weighted by molar-refractivity contribution is 7.81. The molecule has 0 heterocycles. The van der Waals surface area contributed by atoms with Gasteiger partial charge in [0, 0.05) is 0 Å². The van der Waals surface area contributed by atoms with Crippen LogP contribution < -0.4 is 0 Å². The van der Waals surface area contributed by atoms with Crippen molar-refractivity contribution in [3.05, 3.63) is 29.8 Å². The fourth-order valence-electron chi connectivity index (χ4n) is 0.696. The third kappa shape index (κ3) is 6.89. The number of benzene rings is 1. The first-order chi connectivity index (χ1) is 6.91. The van der Waals surface area contributed by atoms with E-state index in [0.717, 1.165) is 19.8 Å². The van der Waals surface area contributed by atoms with E-state index in [9.17, 15) is 8.42 Å². The molecule has 0 fully saturated rings. The molecule has 6 heteroatoms. The van der Waals surface area contributed by atoms with E-state index in [2.05, 4.69) is 8.37 Å². The number of aromatic hydroxyl groups is 1. The molecule has 0 saturated carbocycles. The lowest BCUT2D eigenvalue weighted by Gasteiger charge is -1.91. The van der Waals surface area contributed by atoms with Crippen molar-refractivity contribution < 1.29 is 21.9 Å². The molecule has 0 spiro atoms. The third-order valence-electron chi connectivity index (χ3n) is 1.41. The predicted octanol–water partition coefficient (Wildman–Crippen LogP) is 1.22. The zero-order valence-electron chi connectivity index (χ0n) is 8.80. The Morgan fingerprint density at radius 3 is 1.93 bits per heavy atom. The largest absolute Gasteiger partial charge is 0.508 e. The van der Waals surface area contributed by atoms with Gasteiger partial charge in [-0.15, -0.1) is 0 Å². The van der Waals surface area contributed by atoms with Crippen molar-refractivity contribution in [2.24, 2.45) is 0 Å². The molecule has 0 bridgehead atoms. The van der Waals surface area contributed by atoms with E-state index in [1.54, 1.807) is 12.1 Å². The van der Waals surface area contributed by atoms with Crippen LogP contribution in [0.25, 0.3) is 0 Å². The minimum atomic E-state index is -3.66. The molecule has 0 unspecified atom stereocenters. The summed E-state index contributed by atoms with van der Waals surface area (Å²) in [5.41, 5.74) is 1.09. The number of phenols is 1. The molecule has 0 radical (unpaired) electrons. The van der Waals surface area contributed by atoms with E-state index < -0.39 is 10.4 Å². The van der Waals surface area contributed by atoms with Crippen LogP contribution in [0.5, 0.6) is 5.75 Å². The maximum absolute atomic E-state index is 9.92. The Labute approximate surface area is 89.6 Å². The lowest BCUT2D eigenvalue weighted by molar-refractivity contribution is 0.286. The second-order valence-electron chi connectivity index (χ2n) is 2.58. The highest BCUT2D eigenvalue weighted by atomic mass is 32.3. The van der Waals surface area contributed by atoms with Gasteiger partial charge in [0.2, 0.25) is 0 Å². The van der Waals surface area contributed by atoms with E-state index in [-0.39, 0.29) is 0 Å². The molecular weight excluding hydrogens is 220 g/mol. The molecule has 1 rings (SSSR count). The Kier molecular flexibility index (Phi) is 5.92. The number of rotatable bonds is 2. The van der Waals surface area contributed by atoms with Gasteiger partial charge in [-0.1, -0.05) is 12.1 Å². The minimum Gasteiger partial charge on any atom is -0.508 e. The van der Waals surface area contributed by atoms with Gasteiger partial charge in [0.1, 0.15) is 5.75 Å². The molecule has 0 atom stereocenters. The Balaban J connectivity index is 0.000000265. The Bertz CT molecular complexity index is 358. The van der Waals surface area contributed by atoms with Gasteiger partial charge < -0.3 is 5.11 Å². The van der Waals surface area contributed by atoms with Gasteiger partial charge in [-0.05, 0) is 24.6 Å². The van der Waals surface area contributed by atoms with Crippen LogP contribution in [0.4, 0.5) is 0 Å². The SMILES string of the molecule is COS(=O)(=O)OC.Cc1cccc(O)c1. The van der Waals surface area contributed by atoms with Gasteiger partial charge in [-0.25, -0.2) is 0 Å². The van der Waals surface area contributed by atoms with Gasteiger partial charge in [0.05, 0.1) is 14.2 Å². The van der Waals surface area contributed by atoms with Crippen molar-refractivity contribution in [2.45, 2.75) is 6.92 Å². The molecule has 1 N–H and O–H groups in total. The zero-order chi connectivity index (χ0) is 11.9. The topological polar surface area (TPSA) is 72.8 Å². The second kappa shape index (κ2) is 6.39. The second-order valence-corrected chi connectivity index (χ2v) is 4.06. The molecule has 0 saturated heterocycles. The zero-order valence-corrected chi connectivity index (χ0v) is 9.61. The molecule has 0 aromatic heterocycles. The van der Waals surface area contributed by atoms with E-state index in [1.807, 2.05) is 19.1 Å². The summed E-state index contributed by atoms with van der Waals surface area (Å²) in [7, 11) is -1.60. The molecule has 1 aromatic carbocycles. The first-order valence-corrected chi connectivity index (χ1v) is 5.36. The maximum Gasteiger partial charge on any atom is 0.399 e. The van der Waals surface area contributed by atoms with Crippen LogP contribution in [0.2, 0.25) is 0 Å². The van der Waals surface area contributed by atoms with Gasteiger partial charge in [0.15, 0.2) is 0 Å². The number of hydrogen-bond donors (Lipinski definition) is 1. The normalized spacial score (nSPS) is 10.3. The van der Waals surface area contributed by atoms with E-state index in [1.165, 1.54) is 0 Å². The Hall–Kier alpha value is -1.11. The lowest BCUT2D eigenvalue weighted by Crippen LogP contribution is -2.02. The summed E-state index contributed by atoms with van der Waals surface area (Å²) in [6.45, 7) is 1.94. The van der Waals surface area contributed by atoms with Gasteiger partial charge in [0.25, 0.3) is 0 Å². The van der Waals surface area contributed by atoms with Crippen LogP contribution in [-0.2, 0) is 18.8 Å². The highest BCUT2D eigenvalue weighted by Gasteiger charge is 2.01. The molecule has 0 amide bonds. The number of aryl methyl sites for hydroxylation is 1. The summed E-state index contributed by atoms with van der Waals surface area (Å²) < 4.78 is 27.5. The Morgan fingerprint density at radius 2 is 1.73 bits per heavy atom. The lowest BCUT2D eigenvalue weighted by atomic mass is 10.2. The highest BCUT2D eigenvalue weighted by Crippen LogP contribution is 2.08. The quantitative estimate of drug-likeness (QED) is 0.833. The molecule has 1 aromatic rings. The van der Waals surface area contributed by atoms with E-state index in [4.69, 9.17) is 5.11 Å². The van der Waals surface area contributed by atoms with E-state index in [0.29, 0.717) is 5.75 Å². The van der Waals surface area contributed by atoms with Crippen molar-refractivity contribution in [1.29, 1.82) is 0 Å². The minimum absolute atomic E-state index is 0.338. The molecule has 0 aliphatic rings. The third-order valence-corrected chi connectivity index (χ3v) is 2.23. The maximum atomic E-state index is 9.92. The average molecular weight is 234 g/mol. The summed E-state index contributed by atoms with van der Waals surface area (Å²) in [6.07, 6.45) is 0. The first-order valence-electron chi connectivity index (χ1n) is 4.03. The summed E-state index contributed by atoms with van der Waals surface area (Å²) >= 11 is 0. The number of phenolic OH excluding ortho intramolecular Hbond substituents is 1. The van der Waals surface area contributed by atoms with Crippen molar-refractivity contribution in [3.8, 4) is 5.75 Å². The van der Waals surface area contributed by atoms with Crippen LogP contribution in [0.15, 0.2) is 24.3 Å². The average Bonchev–Trinajstić information content (AvgIpc) is 2.18. The molecule has 0 aliphatic carbocycles.